The maximum atomic E-state index is 2.23. The summed E-state index contributed by atoms with van der Waals surface area (Å²) in [6.45, 7) is 10.9. The first kappa shape index (κ1) is 12.2. The van der Waals surface area contributed by atoms with Crippen LogP contribution in [0.5, 0.6) is 0 Å². The van der Waals surface area contributed by atoms with Gasteiger partial charge in [0.05, 0.1) is 0 Å². The van der Waals surface area contributed by atoms with Crippen molar-refractivity contribution in [3.63, 3.8) is 0 Å². The summed E-state index contributed by atoms with van der Waals surface area (Å²) in [6, 6.07) is 0. The second-order valence-electron chi connectivity index (χ2n) is 4.21. The molecule has 0 heterocycles. The Morgan fingerprint density at radius 2 is 1.85 bits per heavy atom. The summed E-state index contributed by atoms with van der Waals surface area (Å²) in [5, 5.41) is 0. The summed E-state index contributed by atoms with van der Waals surface area (Å²) in [5.41, 5.74) is 1.62. The van der Waals surface area contributed by atoms with E-state index in [1.807, 2.05) is 0 Å². The van der Waals surface area contributed by atoms with Crippen molar-refractivity contribution in [1.82, 2.24) is 0 Å². The van der Waals surface area contributed by atoms with Gasteiger partial charge in [0.1, 0.15) is 0 Å². The molecule has 0 unspecified atom stereocenters. The zero-order chi connectivity index (χ0) is 10.3. The Balaban J connectivity index is 4.61. The lowest BCUT2D eigenvalue weighted by Crippen LogP contribution is -2.06. The molecule has 0 aromatic heterocycles. The maximum absolute atomic E-state index is 2.23. The van der Waals surface area contributed by atoms with E-state index < -0.39 is 0 Å². The van der Waals surface area contributed by atoms with E-state index in [1.54, 1.807) is 0 Å². The van der Waals surface area contributed by atoms with Crippen molar-refractivity contribution in [3.05, 3.63) is 36.0 Å². The van der Waals surface area contributed by atoms with Crippen LogP contribution in [0.4, 0.5) is 0 Å². The molecule has 0 aliphatic rings. The van der Waals surface area contributed by atoms with Crippen LogP contribution in [0.1, 0.15) is 41.0 Å². The molecule has 0 aliphatic carbocycles. The van der Waals surface area contributed by atoms with Crippen molar-refractivity contribution in [2.24, 2.45) is 5.41 Å². The van der Waals surface area contributed by atoms with Gasteiger partial charge in [0.25, 0.3) is 0 Å². The smallest absolute Gasteiger partial charge is 0.0132 e. The van der Waals surface area contributed by atoms with E-state index in [1.165, 1.54) is 5.57 Å². The average molecular weight is 178 g/mol. The minimum atomic E-state index is 0.241. The molecule has 0 heteroatoms. The molecule has 0 aromatic carbocycles. The largest absolute Gasteiger partial charge is 0.0874 e. The van der Waals surface area contributed by atoms with E-state index in [0.717, 1.165) is 6.42 Å². The summed E-state index contributed by atoms with van der Waals surface area (Å²) in [6.07, 6.45) is 11.9. The van der Waals surface area contributed by atoms with Gasteiger partial charge in [0.15, 0.2) is 0 Å². The fourth-order valence-electron chi connectivity index (χ4n) is 1.04. The van der Waals surface area contributed by atoms with Crippen molar-refractivity contribution in [3.8, 4) is 0 Å². The Morgan fingerprint density at radius 3 is 2.23 bits per heavy atom. The fraction of sp³-hybridized carbons (Fsp3) is 0.538. The minimum absolute atomic E-state index is 0.241. The van der Waals surface area contributed by atoms with Crippen LogP contribution >= 0.6 is 0 Å². The topological polar surface area (TPSA) is 0 Å². The van der Waals surface area contributed by atoms with Crippen LogP contribution in [-0.2, 0) is 0 Å². The van der Waals surface area contributed by atoms with Gasteiger partial charge in [-0.1, -0.05) is 58.1 Å². The molecular weight excluding hydrogens is 156 g/mol. The van der Waals surface area contributed by atoms with Crippen LogP contribution in [0, 0.1) is 5.41 Å². The van der Waals surface area contributed by atoms with Gasteiger partial charge in [0.2, 0.25) is 0 Å². The third-order valence-electron chi connectivity index (χ3n) is 1.86. The highest BCUT2D eigenvalue weighted by molar-refractivity contribution is 5.28. The van der Waals surface area contributed by atoms with Crippen LogP contribution in [-0.4, -0.2) is 0 Å². The van der Waals surface area contributed by atoms with E-state index in [2.05, 4.69) is 65.0 Å². The Morgan fingerprint density at radius 1 is 1.23 bits per heavy atom. The summed E-state index contributed by atoms with van der Waals surface area (Å²) < 4.78 is 0. The second kappa shape index (κ2) is 5.80. The van der Waals surface area contributed by atoms with E-state index in [0.29, 0.717) is 0 Å². The third kappa shape index (κ3) is 5.46. The van der Waals surface area contributed by atoms with Gasteiger partial charge in [-0.25, -0.2) is 0 Å². The van der Waals surface area contributed by atoms with Crippen molar-refractivity contribution >= 4 is 0 Å². The molecule has 74 valence electrons. The molecule has 0 amide bonds. The molecule has 0 aliphatic heterocycles. The number of hydrogen-bond acceptors (Lipinski definition) is 0. The molecule has 0 nitrogen and oxygen atoms in total. The highest BCUT2D eigenvalue weighted by Crippen LogP contribution is 2.26. The van der Waals surface area contributed by atoms with Crippen molar-refractivity contribution in [2.45, 2.75) is 41.0 Å². The molecule has 0 saturated heterocycles. The minimum Gasteiger partial charge on any atom is -0.0874 e. The van der Waals surface area contributed by atoms with Crippen LogP contribution in [0.3, 0.4) is 0 Å². The van der Waals surface area contributed by atoms with Gasteiger partial charge in [-0.3, -0.25) is 0 Å². The van der Waals surface area contributed by atoms with Crippen molar-refractivity contribution < 1.29 is 0 Å². The Kier molecular flexibility index (Phi) is 5.45. The highest BCUT2D eigenvalue weighted by atomic mass is 14.2. The van der Waals surface area contributed by atoms with Gasteiger partial charge in [0, 0.05) is 0 Å². The molecule has 0 fully saturated rings. The molecule has 0 rings (SSSR count). The van der Waals surface area contributed by atoms with E-state index in [9.17, 15) is 0 Å². The molecule has 0 aromatic rings. The molecule has 0 bridgehead atoms. The first-order valence-electron chi connectivity index (χ1n) is 5.02. The summed E-state index contributed by atoms with van der Waals surface area (Å²) >= 11 is 0. The normalized spacial score (nSPS) is 14.7. The lowest BCUT2D eigenvalue weighted by Gasteiger charge is -2.19. The highest BCUT2D eigenvalue weighted by Gasteiger charge is 2.12. The second-order valence-corrected chi connectivity index (χ2v) is 4.21. The van der Waals surface area contributed by atoms with E-state index in [4.69, 9.17) is 0 Å². The predicted molar refractivity (Wildman–Crippen MR) is 61.8 cm³/mol. The predicted octanol–water partition coefficient (Wildman–Crippen LogP) is 4.50. The lowest BCUT2D eigenvalue weighted by molar-refractivity contribution is 0.517. The quantitative estimate of drug-likeness (QED) is 0.558. The molecule has 0 atom stereocenters. The fourth-order valence-corrected chi connectivity index (χ4v) is 1.04. The van der Waals surface area contributed by atoms with Gasteiger partial charge in [-0.15, -0.1) is 0 Å². The number of rotatable bonds is 3. The monoisotopic (exact) mass is 178 g/mol. The van der Waals surface area contributed by atoms with Gasteiger partial charge >= 0.3 is 0 Å². The molecule has 0 spiro atoms. The van der Waals surface area contributed by atoms with E-state index >= 15 is 0 Å². The molecule has 13 heavy (non-hydrogen) atoms. The summed E-state index contributed by atoms with van der Waals surface area (Å²) in [5.74, 6) is 0. The van der Waals surface area contributed by atoms with Crippen LogP contribution < -0.4 is 0 Å². The van der Waals surface area contributed by atoms with Gasteiger partial charge in [-0.05, 0) is 24.3 Å². The average Bonchev–Trinajstić information content (AvgIpc) is 2.01. The first-order chi connectivity index (χ1) is 6.02. The summed E-state index contributed by atoms with van der Waals surface area (Å²) in [7, 11) is 0. The molecule has 0 saturated carbocycles. The Labute approximate surface area is 83.0 Å². The molecule has 0 radical (unpaired) electrons. The number of hydrogen-bond donors (Lipinski definition) is 0. The Bertz CT molecular complexity index is 209. The number of allylic oxidation sites excluding steroid dienone is 6. The van der Waals surface area contributed by atoms with Crippen LogP contribution in [0.25, 0.3) is 0 Å². The standard InChI is InChI=1S/C13H22/c1-6-8-9-11-12(10-7-2)13(3,4)5/h7-11H,6H2,1-5H3/b9-8+,10-7-,12-11+. The van der Waals surface area contributed by atoms with Crippen molar-refractivity contribution in [1.29, 1.82) is 0 Å². The van der Waals surface area contributed by atoms with Gasteiger partial charge in [-0.2, -0.15) is 0 Å². The van der Waals surface area contributed by atoms with E-state index in [-0.39, 0.29) is 5.41 Å². The molecular formula is C13H22. The third-order valence-corrected chi connectivity index (χ3v) is 1.86. The Hall–Kier alpha value is -0.780. The van der Waals surface area contributed by atoms with Crippen LogP contribution in [0.2, 0.25) is 0 Å². The zero-order valence-electron chi connectivity index (χ0n) is 9.59. The van der Waals surface area contributed by atoms with Crippen LogP contribution in [0.15, 0.2) is 36.0 Å². The van der Waals surface area contributed by atoms with Gasteiger partial charge < -0.3 is 0 Å². The zero-order valence-corrected chi connectivity index (χ0v) is 9.59. The first-order valence-corrected chi connectivity index (χ1v) is 5.02. The SMILES string of the molecule is C\C=C/C(=C\C=C\CC)C(C)(C)C. The van der Waals surface area contributed by atoms with Crippen molar-refractivity contribution in [2.75, 3.05) is 0 Å². The maximum Gasteiger partial charge on any atom is -0.0132 e. The molecule has 0 N–H and O–H groups in total. The lowest BCUT2D eigenvalue weighted by atomic mass is 9.86. The summed E-state index contributed by atoms with van der Waals surface area (Å²) in [4.78, 5) is 0.